The number of unbranched alkanes of at least 4 members (excludes halogenated alkanes) is 1. The predicted octanol–water partition coefficient (Wildman–Crippen LogP) is 1.98. The number of carbonyl (C=O) groups excluding carboxylic acids is 2. The molecule has 0 spiro atoms. The number of hydrogen-bond acceptors (Lipinski definition) is 3. The molecule has 0 saturated heterocycles. The van der Waals surface area contributed by atoms with Crippen molar-refractivity contribution in [2.75, 3.05) is 0 Å². The topological polar surface area (TPSA) is 96.0 Å². The van der Waals surface area contributed by atoms with Crippen LogP contribution in [0, 0.1) is 11.3 Å². The number of nitrogens with zero attached hydrogens (tertiary/aromatic N) is 1. The van der Waals surface area contributed by atoms with Crippen LogP contribution < -0.4 is 11.1 Å². The lowest BCUT2D eigenvalue weighted by molar-refractivity contribution is -0.137. The van der Waals surface area contributed by atoms with Crippen molar-refractivity contribution in [3.05, 3.63) is 35.4 Å². The normalized spacial score (nSPS) is 12.3. The van der Waals surface area contributed by atoms with Crippen LogP contribution in [0.25, 0.3) is 0 Å². The number of nitriles is 1. The largest absolute Gasteiger partial charge is 0.416 e. The third-order valence-electron chi connectivity index (χ3n) is 2.88. The lowest BCUT2D eigenvalue weighted by Crippen LogP contribution is -2.44. The number of rotatable bonds is 6. The maximum atomic E-state index is 12.6. The molecule has 1 aromatic carbocycles. The summed E-state index contributed by atoms with van der Waals surface area (Å²) in [5.41, 5.74) is 3.95. The second-order valence-corrected chi connectivity index (χ2v) is 4.56. The van der Waals surface area contributed by atoms with E-state index in [9.17, 15) is 22.8 Å². The van der Waals surface area contributed by atoms with Crippen LogP contribution in [0.2, 0.25) is 0 Å². The van der Waals surface area contributed by atoms with E-state index in [1.165, 1.54) is 6.07 Å². The Labute approximate surface area is 124 Å². The Bertz CT molecular complexity index is 594. The maximum absolute atomic E-state index is 12.6. The number of nitrogens with one attached hydrogen (secondary N) is 1. The number of benzene rings is 1. The molecule has 1 atom stereocenters. The highest BCUT2D eigenvalue weighted by molar-refractivity contribution is 5.97. The van der Waals surface area contributed by atoms with Gasteiger partial charge in [0.25, 0.3) is 5.91 Å². The predicted molar refractivity (Wildman–Crippen MR) is 71.4 cm³/mol. The minimum atomic E-state index is -4.56. The summed E-state index contributed by atoms with van der Waals surface area (Å²) in [7, 11) is 0. The summed E-state index contributed by atoms with van der Waals surface area (Å²) in [5, 5.41) is 10.7. The second kappa shape index (κ2) is 7.45. The van der Waals surface area contributed by atoms with Crippen LogP contribution in [0.1, 0.15) is 35.2 Å². The van der Waals surface area contributed by atoms with Gasteiger partial charge < -0.3 is 11.1 Å². The Morgan fingerprint density at radius 1 is 1.36 bits per heavy atom. The van der Waals surface area contributed by atoms with Crippen molar-refractivity contribution in [2.45, 2.75) is 31.5 Å². The molecule has 22 heavy (non-hydrogen) atoms. The average Bonchev–Trinajstić information content (AvgIpc) is 2.45. The second-order valence-electron chi connectivity index (χ2n) is 4.56. The quantitative estimate of drug-likeness (QED) is 0.786. The molecule has 0 aliphatic heterocycles. The zero-order chi connectivity index (χ0) is 16.8. The van der Waals surface area contributed by atoms with Gasteiger partial charge in [0.15, 0.2) is 0 Å². The molecule has 0 saturated carbocycles. The molecule has 2 amide bonds. The van der Waals surface area contributed by atoms with Crippen LogP contribution >= 0.6 is 0 Å². The molecule has 1 rings (SSSR count). The third-order valence-corrected chi connectivity index (χ3v) is 2.88. The molecular formula is C14H14F3N3O2. The number of alkyl halides is 3. The van der Waals surface area contributed by atoms with Crippen molar-refractivity contribution in [3.8, 4) is 6.07 Å². The SMILES string of the molecule is N#CCCC[C@@H](NC(=O)c1cccc(C(F)(F)F)c1)C(N)=O. The van der Waals surface area contributed by atoms with E-state index in [0.29, 0.717) is 12.5 Å². The van der Waals surface area contributed by atoms with Gasteiger partial charge in [0.1, 0.15) is 6.04 Å². The van der Waals surface area contributed by atoms with Crippen LogP contribution in [0.15, 0.2) is 24.3 Å². The van der Waals surface area contributed by atoms with Gasteiger partial charge in [-0.25, -0.2) is 0 Å². The van der Waals surface area contributed by atoms with Gasteiger partial charge in [-0.2, -0.15) is 18.4 Å². The summed E-state index contributed by atoms with van der Waals surface area (Å²) in [6.45, 7) is 0. The summed E-state index contributed by atoms with van der Waals surface area (Å²) >= 11 is 0. The summed E-state index contributed by atoms with van der Waals surface area (Å²) in [4.78, 5) is 23.2. The van der Waals surface area contributed by atoms with Gasteiger partial charge in [0.2, 0.25) is 5.91 Å². The van der Waals surface area contributed by atoms with E-state index in [4.69, 9.17) is 11.0 Å². The number of hydrogen-bond donors (Lipinski definition) is 2. The molecule has 0 aromatic heterocycles. The van der Waals surface area contributed by atoms with Gasteiger partial charge in [0, 0.05) is 12.0 Å². The Balaban J connectivity index is 2.82. The van der Waals surface area contributed by atoms with Crippen LogP contribution in [0.3, 0.4) is 0 Å². The maximum Gasteiger partial charge on any atom is 0.416 e. The fraction of sp³-hybridized carbons (Fsp3) is 0.357. The zero-order valence-electron chi connectivity index (χ0n) is 11.5. The minimum Gasteiger partial charge on any atom is -0.368 e. The first kappa shape index (κ1) is 17.5. The molecule has 0 aliphatic rings. The highest BCUT2D eigenvalue weighted by Gasteiger charge is 2.31. The zero-order valence-corrected chi connectivity index (χ0v) is 11.5. The fourth-order valence-electron chi connectivity index (χ4n) is 1.75. The lowest BCUT2D eigenvalue weighted by atomic mass is 10.1. The number of carbonyl (C=O) groups is 2. The lowest BCUT2D eigenvalue weighted by Gasteiger charge is -2.15. The van der Waals surface area contributed by atoms with Crippen LogP contribution in [-0.2, 0) is 11.0 Å². The van der Waals surface area contributed by atoms with E-state index in [1.54, 1.807) is 0 Å². The third kappa shape index (κ3) is 5.09. The monoisotopic (exact) mass is 313 g/mol. The van der Waals surface area contributed by atoms with E-state index in [1.807, 2.05) is 6.07 Å². The van der Waals surface area contributed by atoms with Gasteiger partial charge in [-0.3, -0.25) is 9.59 Å². The minimum absolute atomic E-state index is 0.146. The van der Waals surface area contributed by atoms with Crippen molar-refractivity contribution in [1.29, 1.82) is 5.26 Å². The van der Waals surface area contributed by atoms with E-state index in [-0.39, 0.29) is 18.4 Å². The highest BCUT2D eigenvalue weighted by Crippen LogP contribution is 2.29. The van der Waals surface area contributed by atoms with Crippen LogP contribution in [0.5, 0.6) is 0 Å². The van der Waals surface area contributed by atoms with Gasteiger partial charge in [0.05, 0.1) is 11.6 Å². The van der Waals surface area contributed by atoms with E-state index in [2.05, 4.69) is 5.32 Å². The molecule has 0 heterocycles. The summed E-state index contributed by atoms with van der Waals surface area (Å²) < 4.78 is 37.8. The Kier molecular flexibility index (Phi) is 5.92. The standard InChI is InChI=1S/C14H14F3N3O2/c15-14(16,17)10-5-3-4-9(8-10)13(22)20-11(12(19)21)6-1-2-7-18/h3-5,8,11H,1-2,6H2,(H2,19,21)(H,20,22)/t11-/m1/s1. The molecule has 1 aromatic rings. The number of nitrogens with two attached hydrogens (primary N) is 1. The fourth-order valence-corrected chi connectivity index (χ4v) is 1.75. The first-order valence-electron chi connectivity index (χ1n) is 6.40. The summed E-state index contributed by atoms with van der Waals surface area (Å²) in [5.74, 6) is -1.63. The van der Waals surface area contributed by atoms with Crippen LogP contribution in [0.4, 0.5) is 13.2 Å². The van der Waals surface area contributed by atoms with Crippen molar-refractivity contribution in [2.24, 2.45) is 5.73 Å². The van der Waals surface area contributed by atoms with Gasteiger partial charge in [-0.15, -0.1) is 0 Å². The molecular weight excluding hydrogens is 299 g/mol. The first-order valence-corrected chi connectivity index (χ1v) is 6.40. The van der Waals surface area contributed by atoms with Gasteiger partial charge in [-0.05, 0) is 31.0 Å². The van der Waals surface area contributed by atoms with Crippen LogP contribution in [-0.4, -0.2) is 17.9 Å². The van der Waals surface area contributed by atoms with Crippen molar-refractivity contribution < 1.29 is 22.8 Å². The van der Waals surface area contributed by atoms with E-state index in [0.717, 1.165) is 12.1 Å². The Hall–Kier alpha value is -2.56. The van der Waals surface area contributed by atoms with Gasteiger partial charge >= 0.3 is 6.18 Å². The number of halogens is 3. The average molecular weight is 313 g/mol. The van der Waals surface area contributed by atoms with E-state index < -0.39 is 29.6 Å². The molecule has 0 bridgehead atoms. The summed E-state index contributed by atoms with van der Waals surface area (Å²) in [6.07, 6.45) is -3.89. The summed E-state index contributed by atoms with van der Waals surface area (Å²) in [6, 6.07) is 4.70. The van der Waals surface area contributed by atoms with E-state index >= 15 is 0 Å². The van der Waals surface area contributed by atoms with Gasteiger partial charge in [-0.1, -0.05) is 6.07 Å². The van der Waals surface area contributed by atoms with Crippen molar-refractivity contribution in [3.63, 3.8) is 0 Å². The first-order chi connectivity index (χ1) is 10.3. The Morgan fingerprint density at radius 3 is 2.59 bits per heavy atom. The number of amides is 2. The molecule has 0 fully saturated rings. The molecule has 0 radical (unpaired) electrons. The van der Waals surface area contributed by atoms with Crippen molar-refractivity contribution in [1.82, 2.24) is 5.32 Å². The smallest absolute Gasteiger partial charge is 0.368 e. The molecule has 118 valence electrons. The number of primary amides is 1. The molecule has 5 nitrogen and oxygen atoms in total. The Morgan fingerprint density at radius 2 is 2.05 bits per heavy atom. The molecule has 0 aliphatic carbocycles. The molecule has 8 heteroatoms. The molecule has 3 N–H and O–H groups in total. The molecule has 0 unspecified atom stereocenters. The van der Waals surface area contributed by atoms with Crippen molar-refractivity contribution >= 4 is 11.8 Å². The highest BCUT2D eigenvalue weighted by atomic mass is 19.4.